The zero-order chi connectivity index (χ0) is 44.5. The van der Waals surface area contributed by atoms with Gasteiger partial charge in [-0.25, -0.2) is 4.79 Å². The Hall–Kier alpha value is -6.61. The highest BCUT2D eigenvalue weighted by Gasteiger charge is 2.44. The Kier molecular flexibility index (Phi) is 18.4. The number of carboxylic acids is 1. The van der Waals surface area contributed by atoms with Crippen molar-refractivity contribution in [1.82, 2.24) is 36.4 Å². The van der Waals surface area contributed by atoms with Crippen LogP contribution in [0.3, 0.4) is 0 Å². The molecule has 0 aliphatic carbocycles. The highest BCUT2D eigenvalue weighted by Crippen LogP contribution is 2.26. The number of aliphatic carboxylic acids is 1. The first-order valence-electron chi connectivity index (χ1n) is 19.5. The quantitative estimate of drug-likeness (QED) is 0.0512. The van der Waals surface area contributed by atoms with Crippen LogP contribution in [0.15, 0.2) is 30.3 Å². The second-order valence-corrected chi connectivity index (χ2v) is 14.6. The first-order valence-corrected chi connectivity index (χ1v) is 19.5. The average molecular weight is 843 g/mol. The summed E-state index contributed by atoms with van der Waals surface area (Å²) in [6, 6.07) is 0.819. The van der Waals surface area contributed by atoms with E-state index in [1.807, 2.05) is 0 Å². The minimum Gasteiger partial charge on any atom is -0.480 e. The molecule has 2 saturated heterocycles. The fourth-order valence-electron chi connectivity index (χ4n) is 6.95. The predicted octanol–water partition coefficient (Wildman–Crippen LogP) is -3.83. The second kappa shape index (κ2) is 23.1. The van der Waals surface area contributed by atoms with Gasteiger partial charge in [0.05, 0.1) is 6.54 Å². The number of likely N-dealkylation sites (tertiary alicyclic amines) is 2. The highest BCUT2D eigenvalue weighted by molar-refractivity contribution is 5.98. The van der Waals surface area contributed by atoms with Crippen molar-refractivity contribution in [3.05, 3.63) is 35.9 Å². The van der Waals surface area contributed by atoms with Crippen LogP contribution >= 0.6 is 0 Å². The molecule has 60 heavy (non-hydrogen) atoms. The molecule has 1 aromatic carbocycles. The molecule has 2 aliphatic heterocycles. The normalized spacial score (nSPS) is 17.9. The van der Waals surface area contributed by atoms with Gasteiger partial charge in [-0.2, -0.15) is 0 Å². The molecule has 1 aromatic rings. The van der Waals surface area contributed by atoms with Gasteiger partial charge in [-0.1, -0.05) is 30.3 Å². The maximum absolute atomic E-state index is 14.2. The van der Waals surface area contributed by atoms with Crippen LogP contribution in [0.1, 0.15) is 76.7 Å². The molecule has 22 nitrogen and oxygen atoms in total. The van der Waals surface area contributed by atoms with Crippen LogP contribution in [-0.4, -0.2) is 136 Å². The summed E-state index contributed by atoms with van der Waals surface area (Å²) in [7, 11) is 0. The third-order valence-electron chi connectivity index (χ3n) is 9.99. The average Bonchev–Trinajstić information content (AvgIpc) is 3.89. The van der Waals surface area contributed by atoms with E-state index < -0.39 is 114 Å². The molecule has 10 amide bonds. The summed E-state index contributed by atoms with van der Waals surface area (Å²) in [5.41, 5.74) is 16.6. The molecule has 328 valence electrons. The minimum absolute atomic E-state index is 0.00529. The van der Waals surface area contributed by atoms with Crippen molar-refractivity contribution in [2.24, 2.45) is 17.2 Å². The summed E-state index contributed by atoms with van der Waals surface area (Å²) in [6.07, 6.45) is -0.980. The largest absolute Gasteiger partial charge is 0.480 e. The van der Waals surface area contributed by atoms with Gasteiger partial charge < -0.3 is 58.7 Å². The number of benzene rings is 1. The lowest BCUT2D eigenvalue weighted by atomic mass is 10.0. The number of nitrogens with zero attached hydrogens (tertiary/aromatic N) is 2. The van der Waals surface area contributed by atoms with Crippen molar-refractivity contribution in [2.75, 3.05) is 19.6 Å². The van der Waals surface area contributed by atoms with Gasteiger partial charge in [-0.3, -0.25) is 47.9 Å². The van der Waals surface area contributed by atoms with Gasteiger partial charge in [0.1, 0.15) is 36.3 Å². The Morgan fingerprint density at radius 3 is 1.70 bits per heavy atom. The number of hydrogen-bond donors (Lipinski definition) is 9. The van der Waals surface area contributed by atoms with E-state index in [2.05, 4.69) is 26.6 Å². The predicted molar refractivity (Wildman–Crippen MR) is 209 cm³/mol. The van der Waals surface area contributed by atoms with Crippen molar-refractivity contribution in [3.63, 3.8) is 0 Å². The fraction of sp³-hybridized carbons (Fsp3) is 0.553. The standard InChI is InChI=1S/C38H54N10O12/c1-21(49)42-20-32(53)43-23(11-14-29(39)50)33(54)44-24(12-15-30(40)51)34(55)45-25(13-16-31(41)52)36(57)48-18-6-10-28(48)37(58)47-17-5-9-27(47)35(56)46-26(38(59)60)19-22-7-3-2-4-8-22/h2-4,7-8,23-28H,5-6,9-20H2,1H3,(H2,39,50)(H2,40,51)(H2,41,52)(H,42,49)(H,43,53)(H,44,54)(H,45,55)(H,46,56)(H,59,60)/t23-,24-,25-,26-,27-,28-/m0/s1. The van der Waals surface area contributed by atoms with E-state index in [9.17, 15) is 57.8 Å². The summed E-state index contributed by atoms with van der Waals surface area (Å²) in [4.78, 5) is 142. The van der Waals surface area contributed by atoms with Gasteiger partial charge in [-0.05, 0) is 50.5 Å². The fourth-order valence-corrected chi connectivity index (χ4v) is 6.95. The molecule has 0 spiro atoms. The van der Waals surface area contributed by atoms with E-state index >= 15 is 0 Å². The molecule has 6 atom stereocenters. The van der Waals surface area contributed by atoms with Crippen LogP contribution in [0.25, 0.3) is 0 Å². The number of carbonyl (C=O) groups is 11. The third kappa shape index (κ3) is 15.0. The molecule has 2 fully saturated rings. The third-order valence-corrected chi connectivity index (χ3v) is 9.99. The first kappa shape index (κ1) is 47.8. The molecule has 0 unspecified atom stereocenters. The van der Waals surface area contributed by atoms with Gasteiger partial charge in [0.15, 0.2) is 0 Å². The molecular weight excluding hydrogens is 788 g/mol. The molecule has 3 rings (SSSR count). The van der Waals surface area contributed by atoms with E-state index in [4.69, 9.17) is 17.2 Å². The Balaban J connectivity index is 1.80. The van der Waals surface area contributed by atoms with Crippen molar-refractivity contribution >= 4 is 65.0 Å². The smallest absolute Gasteiger partial charge is 0.326 e. The molecule has 0 bridgehead atoms. The molecule has 22 heteroatoms. The first-order chi connectivity index (χ1) is 28.4. The molecular formula is C38H54N10O12. The van der Waals surface area contributed by atoms with E-state index in [1.54, 1.807) is 30.3 Å². The number of carbonyl (C=O) groups excluding carboxylic acids is 10. The van der Waals surface area contributed by atoms with Crippen LogP contribution in [0.2, 0.25) is 0 Å². The van der Waals surface area contributed by atoms with Crippen LogP contribution in [0, 0.1) is 0 Å². The zero-order valence-corrected chi connectivity index (χ0v) is 33.3. The molecule has 0 radical (unpaired) electrons. The monoisotopic (exact) mass is 842 g/mol. The maximum Gasteiger partial charge on any atom is 0.326 e. The molecule has 0 saturated carbocycles. The number of primary amides is 3. The summed E-state index contributed by atoms with van der Waals surface area (Å²) in [5.74, 6) is -9.09. The van der Waals surface area contributed by atoms with Crippen LogP contribution in [-0.2, 0) is 59.2 Å². The van der Waals surface area contributed by atoms with Crippen LogP contribution in [0.4, 0.5) is 0 Å². The Morgan fingerprint density at radius 1 is 0.667 bits per heavy atom. The van der Waals surface area contributed by atoms with Crippen molar-refractivity contribution in [3.8, 4) is 0 Å². The van der Waals surface area contributed by atoms with E-state index in [-0.39, 0.29) is 64.5 Å². The molecule has 2 heterocycles. The van der Waals surface area contributed by atoms with E-state index in [0.717, 1.165) is 6.92 Å². The number of nitrogens with one attached hydrogen (secondary N) is 5. The number of nitrogens with two attached hydrogens (primary N) is 3. The zero-order valence-electron chi connectivity index (χ0n) is 33.3. The van der Waals surface area contributed by atoms with Gasteiger partial charge in [0.2, 0.25) is 59.1 Å². The van der Waals surface area contributed by atoms with E-state index in [0.29, 0.717) is 18.4 Å². The van der Waals surface area contributed by atoms with Crippen LogP contribution in [0.5, 0.6) is 0 Å². The molecule has 0 aromatic heterocycles. The van der Waals surface area contributed by atoms with Gasteiger partial charge >= 0.3 is 5.97 Å². The van der Waals surface area contributed by atoms with Crippen molar-refractivity contribution in [2.45, 2.75) is 114 Å². The Morgan fingerprint density at radius 2 is 1.17 bits per heavy atom. The van der Waals surface area contributed by atoms with Crippen LogP contribution < -0.4 is 43.8 Å². The van der Waals surface area contributed by atoms with Crippen molar-refractivity contribution in [1.29, 1.82) is 0 Å². The molecule has 12 N–H and O–H groups in total. The molecule has 2 aliphatic rings. The Labute approximate surface area is 345 Å². The maximum atomic E-state index is 14.2. The van der Waals surface area contributed by atoms with Crippen molar-refractivity contribution < 1.29 is 57.8 Å². The lowest BCUT2D eigenvalue weighted by Crippen LogP contribution is -2.59. The Bertz CT molecular complexity index is 1790. The van der Waals surface area contributed by atoms with E-state index in [1.165, 1.54) is 9.80 Å². The number of hydrogen-bond acceptors (Lipinski definition) is 11. The van der Waals surface area contributed by atoms with Gasteiger partial charge in [-0.15, -0.1) is 0 Å². The summed E-state index contributed by atoms with van der Waals surface area (Å²) >= 11 is 0. The minimum atomic E-state index is -1.56. The summed E-state index contributed by atoms with van der Waals surface area (Å²) in [6.45, 7) is 0.857. The lowest BCUT2D eigenvalue weighted by molar-refractivity contribution is -0.149. The highest BCUT2D eigenvalue weighted by atomic mass is 16.4. The summed E-state index contributed by atoms with van der Waals surface area (Å²) < 4.78 is 0. The number of amides is 10. The SMILES string of the molecule is CC(=O)NCC(=O)N[C@@H](CCC(N)=O)C(=O)N[C@@H](CCC(N)=O)C(=O)N[C@@H](CCC(N)=O)C(=O)N1CCC[C@H]1C(=O)N1CCC[C@H]1C(=O)N[C@@H](Cc1ccccc1)C(=O)O. The topological polar surface area (TPSA) is 353 Å². The van der Waals surface area contributed by atoms with Gasteiger partial charge in [0.25, 0.3) is 0 Å². The number of carboxylic acid groups (broad SMARTS) is 1. The lowest BCUT2D eigenvalue weighted by Gasteiger charge is -2.33. The van der Waals surface area contributed by atoms with Gasteiger partial charge in [0, 0.05) is 45.7 Å². The second-order valence-electron chi connectivity index (χ2n) is 14.6. The summed E-state index contributed by atoms with van der Waals surface area (Å²) in [5, 5.41) is 21.9. The number of rotatable bonds is 23.